The molecule has 3 aromatic carbocycles. The molecular weight excluding hydrogens is 505 g/mol. The summed E-state index contributed by atoms with van der Waals surface area (Å²) in [6.45, 7) is 5.23. The van der Waals surface area contributed by atoms with E-state index in [4.69, 9.17) is 0 Å². The van der Waals surface area contributed by atoms with E-state index in [0.717, 1.165) is 16.1 Å². The number of nitrogens with zero attached hydrogens (tertiary/aromatic N) is 2. The van der Waals surface area contributed by atoms with Crippen LogP contribution in [0.3, 0.4) is 0 Å². The number of benzene rings is 3. The third-order valence-electron chi connectivity index (χ3n) is 6.26. The van der Waals surface area contributed by atoms with Gasteiger partial charge in [-0.3, -0.25) is 13.9 Å². The molecular formula is C29H34FN3O4S. The van der Waals surface area contributed by atoms with Crippen molar-refractivity contribution in [3.05, 3.63) is 101 Å². The number of nitrogens with one attached hydrogen (secondary N) is 1. The van der Waals surface area contributed by atoms with Crippen LogP contribution in [-0.4, -0.2) is 50.5 Å². The topological polar surface area (TPSA) is 86.8 Å². The number of anilines is 1. The first-order valence-electron chi connectivity index (χ1n) is 12.4. The molecule has 0 radical (unpaired) electrons. The summed E-state index contributed by atoms with van der Waals surface area (Å²) in [6, 6.07) is 19.4. The molecule has 0 unspecified atom stereocenters. The standard InChI is InChI=1S/C29H34FN3O4S/c1-5-31-29(35)26(18-23-12-7-6-8-13-23)32(19-24-14-16-25(30)17-15-24)27(34)20-33(38(4,36)37)28-21(2)10-9-11-22(28)3/h6-17,26H,5,18-20H2,1-4H3,(H,31,35)/t26-/m1/s1. The SMILES string of the molecule is CCNC(=O)[C@@H](Cc1ccccc1)N(Cc1ccc(F)cc1)C(=O)CN(c1c(C)cccc1C)S(C)(=O)=O. The van der Waals surface area contributed by atoms with Crippen LogP contribution in [0.15, 0.2) is 72.8 Å². The maximum absolute atomic E-state index is 14.0. The van der Waals surface area contributed by atoms with Gasteiger partial charge in [0.25, 0.3) is 0 Å². The normalized spacial score (nSPS) is 12.0. The Balaban J connectivity index is 2.07. The van der Waals surface area contributed by atoms with Crippen molar-refractivity contribution in [2.24, 2.45) is 0 Å². The lowest BCUT2D eigenvalue weighted by Gasteiger charge is -2.34. The Bertz CT molecular complexity index is 1340. The smallest absolute Gasteiger partial charge is 0.244 e. The van der Waals surface area contributed by atoms with Crippen LogP contribution in [-0.2, 0) is 32.6 Å². The Morgan fingerprint density at radius 1 is 0.895 bits per heavy atom. The van der Waals surface area contributed by atoms with Gasteiger partial charge in [0.15, 0.2) is 0 Å². The van der Waals surface area contributed by atoms with Gasteiger partial charge in [-0.25, -0.2) is 12.8 Å². The second-order valence-corrected chi connectivity index (χ2v) is 11.2. The summed E-state index contributed by atoms with van der Waals surface area (Å²) in [5, 5.41) is 2.80. The van der Waals surface area contributed by atoms with E-state index in [1.165, 1.54) is 17.0 Å². The summed E-state index contributed by atoms with van der Waals surface area (Å²) in [7, 11) is -3.85. The Morgan fingerprint density at radius 3 is 2.05 bits per heavy atom. The molecule has 7 nitrogen and oxygen atoms in total. The van der Waals surface area contributed by atoms with Crippen LogP contribution in [0, 0.1) is 19.7 Å². The van der Waals surface area contributed by atoms with Gasteiger partial charge in [-0.15, -0.1) is 0 Å². The number of para-hydroxylation sites is 1. The summed E-state index contributed by atoms with van der Waals surface area (Å²) in [5.74, 6) is -1.33. The Hall–Kier alpha value is -3.72. The molecule has 38 heavy (non-hydrogen) atoms. The zero-order chi connectivity index (χ0) is 27.9. The molecule has 3 aromatic rings. The molecule has 1 N–H and O–H groups in total. The number of hydrogen-bond donors (Lipinski definition) is 1. The average Bonchev–Trinajstić information content (AvgIpc) is 2.86. The Labute approximate surface area is 224 Å². The van der Waals surface area contributed by atoms with E-state index in [1.54, 1.807) is 45.0 Å². The molecule has 0 aliphatic heterocycles. The van der Waals surface area contributed by atoms with Gasteiger partial charge in [0, 0.05) is 19.5 Å². The molecule has 2 amide bonds. The lowest BCUT2D eigenvalue weighted by atomic mass is 10.0. The third-order valence-corrected chi connectivity index (χ3v) is 7.37. The van der Waals surface area contributed by atoms with Gasteiger partial charge in [-0.2, -0.15) is 0 Å². The molecule has 0 fully saturated rings. The van der Waals surface area contributed by atoms with E-state index in [1.807, 2.05) is 36.4 Å². The summed E-state index contributed by atoms with van der Waals surface area (Å²) in [6.07, 6.45) is 1.28. The molecule has 0 spiro atoms. The number of rotatable bonds is 11. The van der Waals surface area contributed by atoms with Crippen LogP contribution >= 0.6 is 0 Å². The lowest BCUT2D eigenvalue weighted by molar-refractivity contribution is -0.140. The molecule has 3 rings (SSSR count). The zero-order valence-corrected chi connectivity index (χ0v) is 23.0. The molecule has 0 saturated heterocycles. The molecule has 0 saturated carbocycles. The Morgan fingerprint density at radius 2 is 1.50 bits per heavy atom. The van der Waals surface area contributed by atoms with Crippen LogP contribution in [0.2, 0.25) is 0 Å². The van der Waals surface area contributed by atoms with Crippen molar-refractivity contribution in [2.45, 2.75) is 39.8 Å². The predicted molar refractivity (Wildman–Crippen MR) is 148 cm³/mol. The number of amides is 2. The first-order chi connectivity index (χ1) is 18.0. The molecule has 1 atom stereocenters. The van der Waals surface area contributed by atoms with E-state index in [9.17, 15) is 22.4 Å². The number of carbonyl (C=O) groups excluding carboxylic acids is 2. The number of aryl methyl sites for hydroxylation is 2. The average molecular weight is 540 g/mol. The largest absolute Gasteiger partial charge is 0.355 e. The van der Waals surface area contributed by atoms with Crippen molar-refractivity contribution >= 4 is 27.5 Å². The second kappa shape index (κ2) is 12.7. The van der Waals surface area contributed by atoms with Crippen LogP contribution in [0.4, 0.5) is 10.1 Å². The number of halogens is 1. The van der Waals surface area contributed by atoms with E-state index in [0.29, 0.717) is 28.9 Å². The lowest BCUT2D eigenvalue weighted by Crippen LogP contribution is -2.53. The zero-order valence-electron chi connectivity index (χ0n) is 22.1. The predicted octanol–water partition coefficient (Wildman–Crippen LogP) is 3.98. The molecule has 9 heteroatoms. The van der Waals surface area contributed by atoms with Crippen molar-refractivity contribution in [3.8, 4) is 0 Å². The minimum absolute atomic E-state index is 0.00188. The summed E-state index contributed by atoms with van der Waals surface area (Å²) in [4.78, 5) is 28.7. The quantitative estimate of drug-likeness (QED) is 0.399. The van der Waals surface area contributed by atoms with Crippen molar-refractivity contribution in [1.29, 1.82) is 0 Å². The fraction of sp³-hybridized carbons (Fsp3) is 0.310. The molecule has 202 valence electrons. The molecule has 0 heterocycles. The molecule has 0 aromatic heterocycles. The number of carbonyl (C=O) groups is 2. The fourth-order valence-electron chi connectivity index (χ4n) is 4.41. The molecule has 0 aliphatic carbocycles. The maximum Gasteiger partial charge on any atom is 0.244 e. The van der Waals surface area contributed by atoms with E-state index in [2.05, 4.69) is 5.32 Å². The van der Waals surface area contributed by atoms with E-state index < -0.39 is 34.3 Å². The highest BCUT2D eigenvalue weighted by molar-refractivity contribution is 7.92. The first kappa shape index (κ1) is 28.8. The van der Waals surface area contributed by atoms with Gasteiger partial charge in [0.05, 0.1) is 11.9 Å². The number of likely N-dealkylation sites (N-methyl/N-ethyl adjacent to an activating group) is 1. The first-order valence-corrected chi connectivity index (χ1v) is 14.3. The minimum atomic E-state index is -3.85. The highest BCUT2D eigenvalue weighted by Gasteiger charge is 2.33. The van der Waals surface area contributed by atoms with Gasteiger partial charge < -0.3 is 10.2 Å². The van der Waals surface area contributed by atoms with Gasteiger partial charge in [-0.05, 0) is 55.2 Å². The highest BCUT2D eigenvalue weighted by Crippen LogP contribution is 2.27. The molecule has 0 bridgehead atoms. The summed E-state index contributed by atoms with van der Waals surface area (Å²) < 4.78 is 40.5. The monoisotopic (exact) mass is 539 g/mol. The second-order valence-electron chi connectivity index (χ2n) is 9.26. The van der Waals surface area contributed by atoms with Crippen molar-refractivity contribution < 1.29 is 22.4 Å². The maximum atomic E-state index is 14.0. The minimum Gasteiger partial charge on any atom is -0.355 e. The van der Waals surface area contributed by atoms with Gasteiger partial charge in [0.1, 0.15) is 18.4 Å². The van der Waals surface area contributed by atoms with Crippen LogP contribution in [0.5, 0.6) is 0 Å². The summed E-state index contributed by atoms with van der Waals surface area (Å²) in [5.41, 5.74) is 3.30. The number of sulfonamides is 1. The van der Waals surface area contributed by atoms with Crippen molar-refractivity contribution in [3.63, 3.8) is 0 Å². The van der Waals surface area contributed by atoms with Crippen LogP contribution in [0.1, 0.15) is 29.2 Å². The summed E-state index contributed by atoms with van der Waals surface area (Å²) >= 11 is 0. The van der Waals surface area contributed by atoms with E-state index >= 15 is 0 Å². The van der Waals surface area contributed by atoms with Gasteiger partial charge in [0.2, 0.25) is 21.8 Å². The Kier molecular flexibility index (Phi) is 9.63. The highest BCUT2D eigenvalue weighted by atomic mass is 32.2. The molecule has 0 aliphatic rings. The van der Waals surface area contributed by atoms with E-state index in [-0.39, 0.29) is 18.9 Å². The van der Waals surface area contributed by atoms with Gasteiger partial charge in [-0.1, -0.05) is 60.7 Å². The van der Waals surface area contributed by atoms with Crippen LogP contribution in [0.25, 0.3) is 0 Å². The van der Waals surface area contributed by atoms with Crippen LogP contribution < -0.4 is 9.62 Å². The third kappa shape index (κ3) is 7.41. The van der Waals surface area contributed by atoms with Crippen molar-refractivity contribution in [2.75, 3.05) is 23.7 Å². The van der Waals surface area contributed by atoms with Gasteiger partial charge >= 0.3 is 0 Å². The fourth-order valence-corrected chi connectivity index (χ4v) is 5.37. The van der Waals surface area contributed by atoms with Crippen molar-refractivity contribution in [1.82, 2.24) is 10.2 Å². The number of hydrogen-bond acceptors (Lipinski definition) is 4.